The second-order valence-corrected chi connectivity index (χ2v) is 3.80. The monoisotopic (exact) mass is 228 g/mol. The number of hydrogen-bond acceptors (Lipinski definition) is 4. The molecule has 82 valence electrons. The maximum Gasteiger partial charge on any atom is 0.233 e. The first-order chi connectivity index (χ1) is 7.38. The zero-order valence-corrected chi connectivity index (χ0v) is 9.11. The summed E-state index contributed by atoms with van der Waals surface area (Å²) >= 11 is 5.60. The molecule has 0 N–H and O–H groups in total. The Morgan fingerprint density at radius 2 is 2.40 bits per heavy atom. The number of halogens is 1. The zero-order valence-electron chi connectivity index (χ0n) is 8.36. The van der Waals surface area contributed by atoms with Gasteiger partial charge in [-0.2, -0.15) is 5.10 Å². The number of alkyl halides is 1. The Kier molecular flexibility index (Phi) is 3.75. The van der Waals surface area contributed by atoms with E-state index in [9.17, 15) is 0 Å². The van der Waals surface area contributed by atoms with E-state index in [0.29, 0.717) is 24.3 Å². The van der Waals surface area contributed by atoms with Crippen LogP contribution in [0.15, 0.2) is 12.1 Å². The molecule has 4 nitrogen and oxygen atoms in total. The van der Waals surface area contributed by atoms with Crippen molar-refractivity contribution in [2.24, 2.45) is 5.92 Å². The van der Waals surface area contributed by atoms with Crippen LogP contribution in [0, 0.1) is 5.92 Å². The lowest BCUT2D eigenvalue weighted by atomic mass is 10.1. The van der Waals surface area contributed by atoms with Crippen molar-refractivity contribution in [2.45, 2.75) is 12.3 Å². The molecule has 1 atom stereocenters. The largest absolute Gasteiger partial charge is 0.476 e. The molecule has 0 amide bonds. The Morgan fingerprint density at radius 3 is 3.00 bits per heavy atom. The van der Waals surface area contributed by atoms with Crippen molar-refractivity contribution >= 4 is 11.6 Å². The number of ether oxygens (including phenoxy) is 2. The summed E-state index contributed by atoms with van der Waals surface area (Å²) in [5, 5.41) is 7.82. The molecule has 2 rings (SSSR count). The fourth-order valence-electron chi connectivity index (χ4n) is 1.41. The highest BCUT2D eigenvalue weighted by atomic mass is 35.5. The molecule has 1 aliphatic rings. The Hall–Kier alpha value is -0.870. The van der Waals surface area contributed by atoms with Crippen molar-refractivity contribution in [2.75, 3.05) is 19.8 Å². The first kappa shape index (κ1) is 10.6. The molecule has 1 aromatic heterocycles. The van der Waals surface area contributed by atoms with E-state index < -0.39 is 0 Å². The number of rotatable bonds is 4. The molecule has 1 aliphatic heterocycles. The summed E-state index contributed by atoms with van der Waals surface area (Å²) in [6, 6.07) is 3.61. The van der Waals surface area contributed by atoms with Crippen LogP contribution in [-0.4, -0.2) is 30.0 Å². The molecule has 1 fully saturated rings. The lowest BCUT2D eigenvalue weighted by molar-refractivity contribution is 0.165. The molecule has 1 aromatic rings. The smallest absolute Gasteiger partial charge is 0.233 e. The number of hydrogen-bond donors (Lipinski definition) is 0. The van der Waals surface area contributed by atoms with E-state index in [-0.39, 0.29) is 0 Å². The molecular formula is C10H13ClN2O2. The summed E-state index contributed by atoms with van der Waals surface area (Å²) in [6.45, 7) is 2.27. The van der Waals surface area contributed by atoms with E-state index in [1.807, 2.05) is 6.07 Å². The predicted octanol–water partition coefficient (Wildman–Crippen LogP) is 1.63. The molecule has 0 spiro atoms. The summed E-state index contributed by atoms with van der Waals surface area (Å²) in [4.78, 5) is 0. The van der Waals surface area contributed by atoms with Crippen LogP contribution in [0.4, 0.5) is 0 Å². The van der Waals surface area contributed by atoms with Crippen LogP contribution in [0.1, 0.15) is 12.1 Å². The molecule has 1 saturated heterocycles. The Morgan fingerprint density at radius 1 is 1.47 bits per heavy atom. The summed E-state index contributed by atoms with van der Waals surface area (Å²) in [5.41, 5.74) is 0.758. The number of aromatic nitrogens is 2. The van der Waals surface area contributed by atoms with Gasteiger partial charge in [-0.15, -0.1) is 16.7 Å². The van der Waals surface area contributed by atoms with Crippen molar-refractivity contribution < 1.29 is 9.47 Å². The van der Waals surface area contributed by atoms with E-state index >= 15 is 0 Å². The molecule has 2 heterocycles. The molecule has 0 radical (unpaired) electrons. The first-order valence-electron chi connectivity index (χ1n) is 4.97. The molecule has 15 heavy (non-hydrogen) atoms. The second-order valence-electron chi connectivity index (χ2n) is 3.54. The average Bonchev–Trinajstić information content (AvgIpc) is 2.80. The van der Waals surface area contributed by atoms with Crippen LogP contribution >= 0.6 is 11.6 Å². The summed E-state index contributed by atoms with van der Waals surface area (Å²) in [7, 11) is 0. The molecule has 5 heteroatoms. The SMILES string of the molecule is ClCc1ccc(OCC2CCOC2)nn1. The minimum Gasteiger partial charge on any atom is -0.476 e. The van der Waals surface area contributed by atoms with Gasteiger partial charge in [0.05, 0.1) is 24.8 Å². The van der Waals surface area contributed by atoms with E-state index in [0.717, 1.165) is 25.3 Å². The van der Waals surface area contributed by atoms with Gasteiger partial charge in [-0.05, 0) is 12.5 Å². The summed E-state index contributed by atoms with van der Waals surface area (Å²) in [5.74, 6) is 1.42. The van der Waals surface area contributed by atoms with Gasteiger partial charge in [0.1, 0.15) is 0 Å². The minimum atomic E-state index is 0.379. The molecular weight excluding hydrogens is 216 g/mol. The van der Waals surface area contributed by atoms with Gasteiger partial charge in [0, 0.05) is 18.6 Å². The van der Waals surface area contributed by atoms with Crippen LogP contribution < -0.4 is 4.74 Å². The van der Waals surface area contributed by atoms with Gasteiger partial charge in [-0.25, -0.2) is 0 Å². The standard InChI is InChI=1S/C10H13ClN2O2/c11-5-9-1-2-10(13-12-9)15-7-8-3-4-14-6-8/h1-2,8H,3-7H2. The topological polar surface area (TPSA) is 44.2 Å². The van der Waals surface area contributed by atoms with Crippen molar-refractivity contribution in [3.8, 4) is 5.88 Å². The van der Waals surface area contributed by atoms with Crippen molar-refractivity contribution in [3.63, 3.8) is 0 Å². The first-order valence-corrected chi connectivity index (χ1v) is 5.51. The lowest BCUT2D eigenvalue weighted by Crippen LogP contribution is -2.12. The van der Waals surface area contributed by atoms with E-state index in [1.165, 1.54) is 0 Å². The van der Waals surface area contributed by atoms with Gasteiger partial charge in [-0.1, -0.05) is 0 Å². The molecule has 0 bridgehead atoms. The fourth-order valence-corrected chi connectivity index (χ4v) is 1.56. The molecule has 1 unspecified atom stereocenters. The Bertz CT molecular complexity index is 299. The van der Waals surface area contributed by atoms with Crippen LogP contribution in [0.25, 0.3) is 0 Å². The molecule has 0 saturated carbocycles. The third-order valence-corrected chi connectivity index (χ3v) is 2.60. The Balaban J connectivity index is 1.82. The third-order valence-electron chi connectivity index (χ3n) is 2.32. The minimum absolute atomic E-state index is 0.379. The molecule has 0 aromatic carbocycles. The molecule has 0 aliphatic carbocycles. The van der Waals surface area contributed by atoms with Gasteiger partial charge in [0.15, 0.2) is 0 Å². The highest BCUT2D eigenvalue weighted by molar-refractivity contribution is 6.16. The predicted molar refractivity (Wildman–Crippen MR) is 56.0 cm³/mol. The normalized spacial score (nSPS) is 20.5. The van der Waals surface area contributed by atoms with Crippen LogP contribution in [0.2, 0.25) is 0 Å². The van der Waals surface area contributed by atoms with Crippen molar-refractivity contribution in [1.29, 1.82) is 0 Å². The Labute approximate surface area is 93.6 Å². The van der Waals surface area contributed by atoms with Gasteiger partial charge in [-0.3, -0.25) is 0 Å². The lowest BCUT2D eigenvalue weighted by Gasteiger charge is -2.08. The number of nitrogens with zero attached hydrogens (tertiary/aromatic N) is 2. The van der Waals surface area contributed by atoms with Gasteiger partial charge >= 0.3 is 0 Å². The quantitative estimate of drug-likeness (QED) is 0.735. The van der Waals surface area contributed by atoms with Gasteiger partial charge in [0.25, 0.3) is 0 Å². The van der Waals surface area contributed by atoms with E-state index in [4.69, 9.17) is 21.1 Å². The average molecular weight is 229 g/mol. The fraction of sp³-hybridized carbons (Fsp3) is 0.600. The van der Waals surface area contributed by atoms with Crippen LogP contribution in [0.3, 0.4) is 0 Å². The highest BCUT2D eigenvalue weighted by Gasteiger charge is 2.16. The van der Waals surface area contributed by atoms with E-state index in [1.54, 1.807) is 6.07 Å². The second kappa shape index (κ2) is 5.28. The maximum atomic E-state index is 5.60. The van der Waals surface area contributed by atoms with E-state index in [2.05, 4.69) is 10.2 Å². The van der Waals surface area contributed by atoms with Crippen molar-refractivity contribution in [1.82, 2.24) is 10.2 Å². The van der Waals surface area contributed by atoms with Crippen LogP contribution in [0.5, 0.6) is 5.88 Å². The third kappa shape index (κ3) is 3.04. The zero-order chi connectivity index (χ0) is 10.5. The summed E-state index contributed by atoms with van der Waals surface area (Å²) < 4.78 is 10.7. The van der Waals surface area contributed by atoms with Crippen LogP contribution in [-0.2, 0) is 10.6 Å². The maximum absolute atomic E-state index is 5.60. The van der Waals surface area contributed by atoms with Gasteiger partial charge in [0.2, 0.25) is 5.88 Å². The summed E-state index contributed by atoms with van der Waals surface area (Å²) in [6.07, 6.45) is 1.06. The van der Waals surface area contributed by atoms with Crippen molar-refractivity contribution in [3.05, 3.63) is 17.8 Å². The van der Waals surface area contributed by atoms with Gasteiger partial charge < -0.3 is 9.47 Å². The highest BCUT2D eigenvalue weighted by Crippen LogP contribution is 2.14.